The molecule has 0 bridgehead atoms. The lowest BCUT2D eigenvalue weighted by atomic mass is 10.1. The van der Waals surface area contributed by atoms with Crippen LogP contribution in [0.4, 0.5) is 5.69 Å². The summed E-state index contributed by atoms with van der Waals surface area (Å²) in [6.45, 7) is 8.19. The number of aryl methyl sites for hydroxylation is 1. The first-order chi connectivity index (χ1) is 18.6. The Labute approximate surface area is 251 Å². The Morgan fingerprint density at radius 1 is 0.900 bits per heavy atom. The largest absolute Gasteiger partial charge is 0.350 e. The molecule has 0 aliphatic heterocycles. The van der Waals surface area contributed by atoms with E-state index < -0.39 is 40.0 Å². The van der Waals surface area contributed by atoms with Gasteiger partial charge in [0.05, 0.1) is 10.6 Å². The van der Waals surface area contributed by atoms with E-state index in [0.717, 1.165) is 9.87 Å². The second kappa shape index (κ2) is 12.8. The van der Waals surface area contributed by atoms with Gasteiger partial charge in [-0.15, -0.1) is 0 Å². The van der Waals surface area contributed by atoms with Gasteiger partial charge in [-0.1, -0.05) is 58.6 Å². The van der Waals surface area contributed by atoms with Crippen LogP contribution in [0.1, 0.15) is 38.8 Å². The van der Waals surface area contributed by atoms with Gasteiger partial charge in [-0.05, 0) is 83.1 Å². The maximum atomic E-state index is 14.0. The number of carbonyl (C=O) groups is 2. The highest BCUT2D eigenvalue weighted by molar-refractivity contribution is 7.92. The number of amides is 2. The second-order valence-corrected chi connectivity index (χ2v) is 13.6. The SMILES string of the molecule is Cc1ccc(S(=O)(=O)N(CC(=O)N(Cc2c(Cl)cccc2Cl)C(C)C(=O)NC(C)(C)C)c2ccc(Cl)cc2)cc1. The molecule has 0 saturated heterocycles. The van der Waals surface area contributed by atoms with E-state index in [0.29, 0.717) is 20.6 Å². The first-order valence-corrected chi connectivity index (χ1v) is 15.1. The van der Waals surface area contributed by atoms with Crippen molar-refractivity contribution in [3.8, 4) is 0 Å². The maximum absolute atomic E-state index is 14.0. The summed E-state index contributed by atoms with van der Waals surface area (Å²) in [5.74, 6) is -1.04. The number of hydrogen-bond donors (Lipinski definition) is 1. The van der Waals surface area contributed by atoms with Crippen LogP contribution in [0.25, 0.3) is 0 Å². The second-order valence-electron chi connectivity index (χ2n) is 10.4. The summed E-state index contributed by atoms with van der Waals surface area (Å²) in [7, 11) is -4.19. The van der Waals surface area contributed by atoms with Crippen molar-refractivity contribution in [2.24, 2.45) is 0 Å². The minimum atomic E-state index is -4.19. The zero-order chi connectivity index (χ0) is 29.8. The Bertz CT molecular complexity index is 1450. The maximum Gasteiger partial charge on any atom is 0.264 e. The van der Waals surface area contributed by atoms with Crippen LogP contribution in [0, 0.1) is 6.92 Å². The van der Waals surface area contributed by atoms with Crippen LogP contribution >= 0.6 is 34.8 Å². The van der Waals surface area contributed by atoms with Crippen LogP contribution in [0.5, 0.6) is 0 Å². The zero-order valence-electron chi connectivity index (χ0n) is 22.9. The molecule has 11 heteroatoms. The Hall–Kier alpha value is -2.78. The molecular weight excluding hydrogens is 593 g/mol. The van der Waals surface area contributed by atoms with Crippen molar-refractivity contribution >= 4 is 62.3 Å². The summed E-state index contributed by atoms with van der Waals surface area (Å²) in [6.07, 6.45) is 0. The van der Waals surface area contributed by atoms with Gasteiger partial charge in [0.15, 0.2) is 0 Å². The molecule has 0 aliphatic carbocycles. The van der Waals surface area contributed by atoms with E-state index in [9.17, 15) is 18.0 Å². The van der Waals surface area contributed by atoms with E-state index in [1.807, 2.05) is 27.7 Å². The van der Waals surface area contributed by atoms with Crippen molar-refractivity contribution in [1.82, 2.24) is 10.2 Å². The number of halogens is 3. The zero-order valence-corrected chi connectivity index (χ0v) is 26.0. The van der Waals surface area contributed by atoms with Crippen LogP contribution in [0.2, 0.25) is 15.1 Å². The van der Waals surface area contributed by atoms with E-state index in [1.54, 1.807) is 49.4 Å². The smallest absolute Gasteiger partial charge is 0.264 e. The molecule has 0 heterocycles. The summed E-state index contributed by atoms with van der Waals surface area (Å²) in [5, 5.41) is 3.91. The van der Waals surface area contributed by atoms with Gasteiger partial charge in [-0.2, -0.15) is 0 Å². The van der Waals surface area contributed by atoms with Crippen molar-refractivity contribution in [1.29, 1.82) is 0 Å². The number of nitrogens with one attached hydrogen (secondary N) is 1. The number of benzene rings is 3. The lowest BCUT2D eigenvalue weighted by molar-refractivity contribution is -0.140. The summed E-state index contributed by atoms with van der Waals surface area (Å²) in [4.78, 5) is 28.5. The van der Waals surface area contributed by atoms with Gasteiger partial charge in [0.25, 0.3) is 10.0 Å². The number of anilines is 1. The molecular formula is C29H32Cl3N3O4S. The molecule has 0 spiro atoms. The van der Waals surface area contributed by atoms with Gasteiger partial charge < -0.3 is 10.2 Å². The molecule has 0 saturated carbocycles. The predicted molar refractivity (Wildman–Crippen MR) is 162 cm³/mol. The standard InChI is InChI=1S/C29H32Cl3N3O4S/c1-19-9-15-23(16-10-19)40(38,39)35(22-13-11-21(30)12-14-22)18-27(36)34(20(2)28(37)33-29(3,4)5)17-24-25(31)7-6-8-26(24)32/h6-16,20H,17-18H2,1-5H3,(H,33,37). The molecule has 0 radical (unpaired) electrons. The Balaban J connectivity index is 2.07. The summed E-state index contributed by atoms with van der Waals surface area (Å²) < 4.78 is 28.7. The van der Waals surface area contributed by atoms with Crippen molar-refractivity contribution in [3.05, 3.63) is 92.9 Å². The fourth-order valence-corrected chi connectivity index (χ4v) is 5.94. The fraction of sp³-hybridized carbons (Fsp3) is 0.310. The predicted octanol–water partition coefficient (Wildman–Crippen LogP) is 6.48. The van der Waals surface area contributed by atoms with Gasteiger partial charge in [-0.25, -0.2) is 8.42 Å². The van der Waals surface area contributed by atoms with E-state index in [-0.39, 0.29) is 17.1 Å². The van der Waals surface area contributed by atoms with Gasteiger partial charge >= 0.3 is 0 Å². The topological polar surface area (TPSA) is 86.8 Å². The Morgan fingerprint density at radius 3 is 1.98 bits per heavy atom. The molecule has 0 fully saturated rings. The third kappa shape index (κ3) is 7.91. The molecule has 0 aliphatic rings. The molecule has 3 aromatic rings. The lowest BCUT2D eigenvalue weighted by Crippen LogP contribution is -2.54. The van der Waals surface area contributed by atoms with Crippen molar-refractivity contribution in [2.75, 3.05) is 10.8 Å². The molecule has 214 valence electrons. The molecule has 1 N–H and O–H groups in total. The highest BCUT2D eigenvalue weighted by Gasteiger charge is 2.34. The first kappa shape index (κ1) is 31.7. The van der Waals surface area contributed by atoms with Crippen LogP contribution in [0.3, 0.4) is 0 Å². The summed E-state index contributed by atoms with van der Waals surface area (Å²) in [5.41, 5.74) is 0.996. The van der Waals surface area contributed by atoms with Crippen LogP contribution in [0.15, 0.2) is 71.6 Å². The molecule has 2 amide bonds. The van der Waals surface area contributed by atoms with Crippen LogP contribution in [-0.4, -0.2) is 43.3 Å². The monoisotopic (exact) mass is 623 g/mol. The minimum Gasteiger partial charge on any atom is -0.350 e. The average Bonchev–Trinajstić information content (AvgIpc) is 2.86. The molecule has 1 atom stereocenters. The normalized spacial score (nSPS) is 12.5. The number of rotatable bonds is 9. The van der Waals surface area contributed by atoms with E-state index in [2.05, 4.69) is 5.32 Å². The summed E-state index contributed by atoms with van der Waals surface area (Å²) in [6, 6.07) is 16.4. The molecule has 7 nitrogen and oxygen atoms in total. The van der Waals surface area contributed by atoms with Gasteiger partial charge in [0, 0.05) is 32.7 Å². The minimum absolute atomic E-state index is 0.0140. The number of sulfonamides is 1. The highest BCUT2D eigenvalue weighted by atomic mass is 35.5. The van der Waals surface area contributed by atoms with Crippen molar-refractivity contribution in [3.63, 3.8) is 0 Å². The number of hydrogen-bond acceptors (Lipinski definition) is 4. The van der Waals surface area contributed by atoms with Gasteiger partial charge in [0.2, 0.25) is 11.8 Å². The van der Waals surface area contributed by atoms with E-state index >= 15 is 0 Å². The highest BCUT2D eigenvalue weighted by Crippen LogP contribution is 2.29. The first-order valence-electron chi connectivity index (χ1n) is 12.5. The molecule has 40 heavy (non-hydrogen) atoms. The third-order valence-corrected chi connectivity index (χ3v) is 8.81. The molecule has 3 rings (SSSR count). The van der Waals surface area contributed by atoms with Gasteiger partial charge in [0.1, 0.15) is 12.6 Å². The van der Waals surface area contributed by atoms with Crippen LogP contribution in [-0.2, 0) is 26.2 Å². The van der Waals surface area contributed by atoms with Crippen LogP contribution < -0.4 is 9.62 Å². The van der Waals surface area contributed by atoms with E-state index in [4.69, 9.17) is 34.8 Å². The number of nitrogens with zero attached hydrogens (tertiary/aromatic N) is 2. The average molecular weight is 625 g/mol. The number of carbonyl (C=O) groups excluding carboxylic acids is 2. The lowest BCUT2D eigenvalue weighted by Gasteiger charge is -2.33. The molecule has 3 aromatic carbocycles. The third-order valence-electron chi connectivity index (χ3n) is 6.06. The quantitative estimate of drug-likeness (QED) is 0.295. The molecule has 0 aromatic heterocycles. The van der Waals surface area contributed by atoms with Crippen molar-refractivity contribution in [2.45, 2.75) is 57.6 Å². The Kier molecular flexibility index (Phi) is 10.2. The van der Waals surface area contributed by atoms with E-state index in [1.165, 1.54) is 29.2 Å². The van der Waals surface area contributed by atoms with Crippen molar-refractivity contribution < 1.29 is 18.0 Å². The van der Waals surface area contributed by atoms with Gasteiger partial charge in [-0.3, -0.25) is 13.9 Å². The molecule has 1 unspecified atom stereocenters. The Morgan fingerprint density at radius 2 is 1.45 bits per heavy atom. The fourth-order valence-electron chi connectivity index (χ4n) is 3.88. The summed E-state index contributed by atoms with van der Waals surface area (Å²) >= 11 is 18.9.